The lowest BCUT2D eigenvalue weighted by atomic mass is 10.5. The molecule has 0 amide bonds. The van der Waals surface area contributed by atoms with E-state index < -0.39 is 0 Å². The van der Waals surface area contributed by atoms with Gasteiger partial charge in [0, 0.05) is 25.3 Å². The zero-order valence-corrected chi connectivity index (χ0v) is 8.90. The Morgan fingerprint density at radius 2 is 2.36 bits per heavy atom. The van der Waals surface area contributed by atoms with Crippen molar-refractivity contribution in [2.75, 3.05) is 19.3 Å². The van der Waals surface area contributed by atoms with Crippen LogP contribution < -0.4 is 5.73 Å². The lowest BCUT2D eigenvalue weighted by Gasteiger charge is -2.15. The molecule has 0 radical (unpaired) electrons. The number of nitrogen functional groups attached to an aromatic ring is 1. The van der Waals surface area contributed by atoms with Crippen LogP contribution in [-0.2, 0) is 6.54 Å². The molecule has 0 unspecified atom stereocenters. The van der Waals surface area contributed by atoms with Crippen molar-refractivity contribution in [3.8, 4) is 0 Å². The molecule has 4 heteroatoms. The summed E-state index contributed by atoms with van der Waals surface area (Å²) in [5.74, 6) is 0.631. The Bertz CT molecular complexity index is 314. The van der Waals surface area contributed by atoms with Crippen LogP contribution in [0.2, 0.25) is 0 Å². The molecule has 78 valence electrons. The van der Waals surface area contributed by atoms with E-state index in [9.17, 15) is 0 Å². The topological polar surface area (TPSA) is 47.1 Å². The minimum absolute atomic E-state index is 0.631. The van der Waals surface area contributed by atoms with Crippen LogP contribution in [0, 0.1) is 6.92 Å². The van der Waals surface area contributed by atoms with Gasteiger partial charge in [-0.25, -0.2) is 4.98 Å². The van der Waals surface area contributed by atoms with Crippen LogP contribution in [-0.4, -0.2) is 34.1 Å². The summed E-state index contributed by atoms with van der Waals surface area (Å²) in [4.78, 5) is 6.57. The number of hydrogen-bond donors (Lipinski definition) is 1. The fourth-order valence-electron chi connectivity index (χ4n) is 1.71. The van der Waals surface area contributed by atoms with E-state index in [0.717, 1.165) is 24.8 Å². The van der Waals surface area contributed by atoms with Crippen LogP contribution >= 0.6 is 0 Å². The first-order valence-electron chi connectivity index (χ1n) is 5.16. The van der Waals surface area contributed by atoms with Crippen LogP contribution in [0.1, 0.15) is 18.5 Å². The van der Waals surface area contributed by atoms with E-state index in [4.69, 9.17) is 5.73 Å². The maximum Gasteiger partial charge on any atom is 0.200 e. The van der Waals surface area contributed by atoms with Crippen LogP contribution in [0.15, 0.2) is 6.20 Å². The van der Waals surface area contributed by atoms with Gasteiger partial charge in [0.1, 0.15) is 0 Å². The fourth-order valence-corrected chi connectivity index (χ4v) is 1.71. The van der Waals surface area contributed by atoms with Crippen LogP contribution in [0.5, 0.6) is 0 Å². The summed E-state index contributed by atoms with van der Waals surface area (Å²) >= 11 is 0. The number of aryl methyl sites for hydroxylation is 1. The molecule has 14 heavy (non-hydrogen) atoms. The highest BCUT2D eigenvalue weighted by atomic mass is 15.2. The van der Waals surface area contributed by atoms with Crippen LogP contribution in [0.25, 0.3) is 0 Å². The Labute approximate surface area is 84.7 Å². The van der Waals surface area contributed by atoms with E-state index in [2.05, 4.69) is 16.9 Å². The molecule has 0 bridgehead atoms. The second-order valence-corrected chi connectivity index (χ2v) is 4.15. The van der Waals surface area contributed by atoms with Crippen molar-refractivity contribution in [3.05, 3.63) is 11.9 Å². The Morgan fingerprint density at radius 1 is 1.64 bits per heavy atom. The molecule has 1 aliphatic rings. The summed E-state index contributed by atoms with van der Waals surface area (Å²) in [7, 11) is 2.18. The van der Waals surface area contributed by atoms with Crippen molar-refractivity contribution < 1.29 is 0 Å². The number of nitrogens with zero attached hydrogens (tertiary/aromatic N) is 3. The molecule has 1 aromatic heterocycles. The maximum atomic E-state index is 5.75. The summed E-state index contributed by atoms with van der Waals surface area (Å²) in [6.07, 6.45) is 4.72. The van der Waals surface area contributed by atoms with Gasteiger partial charge >= 0.3 is 0 Å². The van der Waals surface area contributed by atoms with Crippen LogP contribution in [0.3, 0.4) is 0 Å². The largest absolute Gasteiger partial charge is 0.369 e. The third kappa shape index (κ3) is 2.07. The second-order valence-electron chi connectivity index (χ2n) is 4.15. The van der Waals surface area contributed by atoms with E-state index in [1.807, 2.05) is 17.7 Å². The average Bonchev–Trinajstić information content (AvgIpc) is 2.90. The smallest absolute Gasteiger partial charge is 0.200 e. The normalized spacial score (nSPS) is 16.5. The number of aromatic nitrogens is 2. The zero-order valence-electron chi connectivity index (χ0n) is 8.90. The molecule has 0 aromatic carbocycles. The lowest BCUT2D eigenvalue weighted by Crippen LogP contribution is -2.25. The summed E-state index contributed by atoms with van der Waals surface area (Å²) in [5.41, 5.74) is 6.75. The SMILES string of the molecule is Cc1cn(CCN(C)C2CC2)c(N)n1. The number of rotatable bonds is 4. The Kier molecular flexibility index (Phi) is 2.46. The molecule has 0 spiro atoms. The van der Waals surface area contributed by atoms with Crippen molar-refractivity contribution in [2.45, 2.75) is 32.4 Å². The zero-order chi connectivity index (χ0) is 10.1. The lowest BCUT2D eigenvalue weighted by molar-refractivity contribution is 0.310. The number of nitrogens with two attached hydrogens (primary N) is 1. The predicted octanol–water partition coefficient (Wildman–Crippen LogP) is 0.868. The summed E-state index contributed by atoms with van der Waals surface area (Å²) in [6.45, 7) is 3.97. The first kappa shape index (κ1) is 9.52. The highest BCUT2D eigenvalue weighted by Crippen LogP contribution is 2.25. The van der Waals surface area contributed by atoms with Gasteiger partial charge in [-0.1, -0.05) is 0 Å². The first-order chi connectivity index (χ1) is 6.66. The molecule has 4 nitrogen and oxygen atoms in total. The molecule has 0 saturated heterocycles. The van der Waals surface area contributed by atoms with Crippen molar-refractivity contribution in [2.24, 2.45) is 0 Å². The van der Waals surface area contributed by atoms with Gasteiger partial charge in [0.2, 0.25) is 0 Å². The summed E-state index contributed by atoms with van der Waals surface area (Å²) in [5, 5.41) is 0. The van der Waals surface area contributed by atoms with E-state index in [1.54, 1.807) is 0 Å². The third-order valence-electron chi connectivity index (χ3n) is 2.79. The highest BCUT2D eigenvalue weighted by molar-refractivity contribution is 5.21. The third-order valence-corrected chi connectivity index (χ3v) is 2.79. The van der Waals surface area contributed by atoms with Gasteiger partial charge < -0.3 is 15.2 Å². The average molecular weight is 194 g/mol. The van der Waals surface area contributed by atoms with E-state index in [0.29, 0.717) is 5.95 Å². The first-order valence-corrected chi connectivity index (χ1v) is 5.16. The Hall–Kier alpha value is -1.03. The molecular formula is C10H18N4. The number of imidazole rings is 1. The molecule has 1 aliphatic carbocycles. The molecule has 2 rings (SSSR count). The van der Waals surface area contributed by atoms with Gasteiger partial charge in [-0.05, 0) is 26.8 Å². The molecule has 0 aliphatic heterocycles. The molecule has 1 aromatic rings. The van der Waals surface area contributed by atoms with Gasteiger partial charge in [0.25, 0.3) is 0 Å². The monoisotopic (exact) mass is 194 g/mol. The molecule has 2 N–H and O–H groups in total. The quantitative estimate of drug-likeness (QED) is 0.773. The van der Waals surface area contributed by atoms with Crippen LogP contribution in [0.4, 0.5) is 5.95 Å². The van der Waals surface area contributed by atoms with Crippen molar-refractivity contribution in [1.29, 1.82) is 0 Å². The van der Waals surface area contributed by atoms with Crippen molar-refractivity contribution >= 4 is 5.95 Å². The summed E-state index contributed by atoms with van der Waals surface area (Å²) < 4.78 is 2.02. The van der Waals surface area contributed by atoms with E-state index >= 15 is 0 Å². The second kappa shape index (κ2) is 3.61. The Morgan fingerprint density at radius 3 is 2.86 bits per heavy atom. The fraction of sp³-hybridized carbons (Fsp3) is 0.700. The van der Waals surface area contributed by atoms with E-state index in [-0.39, 0.29) is 0 Å². The maximum absolute atomic E-state index is 5.75. The molecule has 1 heterocycles. The highest BCUT2D eigenvalue weighted by Gasteiger charge is 2.25. The van der Waals surface area contributed by atoms with Gasteiger partial charge in [-0.3, -0.25) is 0 Å². The van der Waals surface area contributed by atoms with Gasteiger partial charge in [-0.2, -0.15) is 0 Å². The number of likely N-dealkylation sites (N-methyl/N-ethyl adjacent to an activating group) is 1. The predicted molar refractivity (Wildman–Crippen MR) is 57.0 cm³/mol. The number of anilines is 1. The number of hydrogen-bond acceptors (Lipinski definition) is 3. The van der Waals surface area contributed by atoms with Gasteiger partial charge in [-0.15, -0.1) is 0 Å². The van der Waals surface area contributed by atoms with E-state index in [1.165, 1.54) is 12.8 Å². The minimum Gasteiger partial charge on any atom is -0.369 e. The molecule has 0 atom stereocenters. The molecule has 1 saturated carbocycles. The van der Waals surface area contributed by atoms with Crippen molar-refractivity contribution in [1.82, 2.24) is 14.5 Å². The Balaban J connectivity index is 1.87. The minimum atomic E-state index is 0.631. The molecular weight excluding hydrogens is 176 g/mol. The standard InChI is InChI=1S/C10H18N4/c1-8-7-14(10(11)12-8)6-5-13(2)9-3-4-9/h7,9H,3-6H2,1-2H3,(H2,11,12). The molecule has 1 fully saturated rings. The summed E-state index contributed by atoms with van der Waals surface area (Å²) in [6, 6.07) is 0.820. The van der Waals surface area contributed by atoms with Crippen molar-refractivity contribution in [3.63, 3.8) is 0 Å². The van der Waals surface area contributed by atoms with Gasteiger partial charge in [0.05, 0.1) is 5.69 Å². The van der Waals surface area contributed by atoms with Gasteiger partial charge in [0.15, 0.2) is 5.95 Å².